The molecule has 0 aliphatic carbocycles. The maximum atomic E-state index is 12.4. The van der Waals surface area contributed by atoms with Gasteiger partial charge in [-0.2, -0.15) is 26.3 Å². The number of aliphatic hydroxyl groups is 1. The van der Waals surface area contributed by atoms with Crippen LogP contribution in [0.15, 0.2) is 24.3 Å². The normalized spacial score (nSPS) is 16.7. The second-order valence-corrected chi connectivity index (χ2v) is 3.65. The molecule has 0 spiro atoms. The molecule has 7 heteroatoms. The van der Waals surface area contributed by atoms with E-state index < -0.39 is 29.1 Å². The lowest BCUT2D eigenvalue weighted by atomic mass is 9.94. The summed E-state index contributed by atoms with van der Waals surface area (Å²) in [5.74, 6) is 0. The van der Waals surface area contributed by atoms with Crippen LogP contribution in [0.4, 0.5) is 26.3 Å². The van der Waals surface area contributed by atoms with Gasteiger partial charge in [0.05, 0.1) is 5.56 Å². The van der Waals surface area contributed by atoms with Crippen LogP contribution >= 0.6 is 0 Å². The highest BCUT2D eigenvalue weighted by atomic mass is 19.4. The monoisotopic (exact) mass is 258 g/mol. The Bertz CT molecular complexity index is 387. The van der Waals surface area contributed by atoms with Gasteiger partial charge < -0.3 is 5.11 Å². The van der Waals surface area contributed by atoms with Crippen molar-refractivity contribution in [1.82, 2.24) is 0 Å². The van der Waals surface area contributed by atoms with Crippen molar-refractivity contribution >= 4 is 0 Å². The van der Waals surface area contributed by atoms with Gasteiger partial charge in [-0.05, 0) is 24.6 Å². The van der Waals surface area contributed by atoms with Gasteiger partial charge in [0, 0.05) is 0 Å². The molecule has 0 heterocycles. The van der Waals surface area contributed by atoms with Gasteiger partial charge in [0.1, 0.15) is 0 Å². The first-order valence-electron chi connectivity index (χ1n) is 4.43. The van der Waals surface area contributed by atoms with E-state index in [1.165, 1.54) is 0 Å². The fraction of sp³-hybridized carbons (Fsp3) is 0.400. The zero-order valence-corrected chi connectivity index (χ0v) is 8.52. The Kier molecular flexibility index (Phi) is 3.17. The molecule has 0 aliphatic rings. The predicted octanol–water partition coefficient (Wildman–Crippen LogP) is 3.48. The van der Waals surface area contributed by atoms with E-state index in [0.29, 0.717) is 31.2 Å². The molecule has 0 aromatic heterocycles. The highest BCUT2D eigenvalue weighted by Gasteiger charge is 2.51. The van der Waals surface area contributed by atoms with Crippen LogP contribution in [0.5, 0.6) is 0 Å². The Hall–Kier alpha value is -1.24. The summed E-state index contributed by atoms with van der Waals surface area (Å²) in [6.45, 7) is 0.482. The van der Waals surface area contributed by atoms with Crippen LogP contribution in [0.25, 0.3) is 0 Å². The molecule has 1 aromatic rings. The number of alkyl halides is 6. The molecule has 1 unspecified atom stereocenters. The van der Waals surface area contributed by atoms with E-state index in [1.54, 1.807) is 0 Å². The minimum atomic E-state index is -4.95. The van der Waals surface area contributed by atoms with E-state index in [9.17, 15) is 31.4 Å². The molecule has 1 aromatic carbocycles. The van der Waals surface area contributed by atoms with Crippen molar-refractivity contribution in [3.63, 3.8) is 0 Å². The smallest absolute Gasteiger partial charge is 0.376 e. The van der Waals surface area contributed by atoms with Gasteiger partial charge in [0.2, 0.25) is 0 Å². The predicted molar refractivity (Wildman–Crippen MR) is 47.1 cm³/mol. The van der Waals surface area contributed by atoms with Crippen LogP contribution in [0, 0.1) is 0 Å². The Morgan fingerprint density at radius 3 is 1.47 bits per heavy atom. The SMILES string of the molecule is CC(O)(c1ccc(C(F)(F)F)cc1)C(F)(F)F. The molecule has 1 nitrogen and oxygen atoms in total. The van der Waals surface area contributed by atoms with E-state index in [1.807, 2.05) is 0 Å². The first kappa shape index (κ1) is 13.8. The highest BCUT2D eigenvalue weighted by molar-refractivity contribution is 5.29. The lowest BCUT2D eigenvalue weighted by Gasteiger charge is -2.26. The number of hydrogen-bond acceptors (Lipinski definition) is 1. The molecule has 0 fully saturated rings. The van der Waals surface area contributed by atoms with E-state index >= 15 is 0 Å². The van der Waals surface area contributed by atoms with E-state index in [-0.39, 0.29) is 0 Å². The molecular weight excluding hydrogens is 250 g/mol. The third-order valence-electron chi connectivity index (χ3n) is 2.33. The van der Waals surface area contributed by atoms with Gasteiger partial charge >= 0.3 is 12.4 Å². The second-order valence-electron chi connectivity index (χ2n) is 3.65. The minimum absolute atomic E-state index is 0.482. The van der Waals surface area contributed by atoms with Crippen molar-refractivity contribution in [2.24, 2.45) is 0 Å². The zero-order chi connectivity index (χ0) is 13.5. The highest BCUT2D eigenvalue weighted by Crippen LogP contribution is 2.39. The Morgan fingerprint density at radius 2 is 1.18 bits per heavy atom. The molecule has 0 amide bonds. The van der Waals surface area contributed by atoms with Gasteiger partial charge in [-0.25, -0.2) is 0 Å². The molecule has 0 saturated heterocycles. The number of hydrogen-bond donors (Lipinski definition) is 1. The molecule has 1 atom stereocenters. The number of benzene rings is 1. The zero-order valence-electron chi connectivity index (χ0n) is 8.52. The summed E-state index contributed by atoms with van der Waals surface area (Å²) in [4.78, 5) is 0. The largest absolute Gasteiger partial charge is 0.421 e. The summed E-state index contributed by atoms with van der Waals surface area (Å²) in [6.07, 6.45) is -9.57. The second kappa shape index (κ2) is 3.90. The maximum Gasteiger partial charge on any atom is 0.421 e. The van der Waals surface area contributed by atoms with Crippen LogP contribution in [0.3, 0.4) is 0 Å². The quantitative estimate of drug-likeness (QED) is 0.764. The van der Waals surface area contributed by atoms with E-state index in [0.717, 1.165) is 0 Å². The Morgan fingerprint density at radius 1 is 0.824 bits per heavy atom. The molecule has 0 bridgehead atoms. The molecule has 0 aliphatic heterocycles. The summed E-state index contributed by atoms with van der Waals surface area (Å²) < 4.78 is 73.6. The van der Waals surface area contributed by atoms with Gasteiger partial charge in [-0.15, -0.1) is 0 Å². The third-order valence-corrected chi connectivity index (χ3v) is 2.33. The van der Waals surface area contributed by atoms with Gasteiger partial charge in [0.15, 0.2) is 5.60 Å². The summed E-state index contributed by atoms with van der Waals surface area (Å²) in [7, 11) is 0. The van der Waals surface area contributed by atoms with Crippen molar-refractivity contribution in [3.8, 4) is 0 Å². The lowest BCUT2D eigenvalue weighted by molar-refractivity contribution is -0.258. The number of rotatable bonds is 1. The summed E-state index contributed by atoms with van der Waals surface area (Å²) in [5, 5.41) is 9.21. The summed E-state index contributed by atoms with van der Waals surface area (Å²) >= 11 is 0. The van der Waals surface area contributed by atoms with E-state index in [4.69, 9.17) is 0 Å². The van der Waals surface area contributed by atoms with Gasteiger partial charge in [0.25, 0.3) is 0 Å². The van der Waals surface area contributed by atoms with Crippen LogP contribution in [0.1, 0.15) is 18.1 Å². The summed E-state index contributed by atoms with van der Waals surface area (Å²) in [6, 6.07) is 2.21. The molecule has 17 heavy (non-hydrogen) atoms. The lowest BCUT2D eigenvalue weighted by Crippen LogP contribution is -2.39. The van der Waals surface area contributed by atoms with E-state index in [2.05, 4.69) is 0 Å². The molecule has 1 rings (SSSR count). The van der Waals surface area contributed by atoms with Crippen LogP contribution in [0.2, 0.25) is 0 Å². The average Bonchev–Trinajstić information content (AvgIpc) is 2.15. The Balaban J connectivity index is 3.12. The van der Waals surface area contributed by atoms with Gasteiger partial charge in [-0.1, -0.05) is 12.1 Å². The molecule has 0 radical (unpaired) electrons. The molecular formula is C10H8F6O. The van der Waals surface area contributed by atoms with Crippen LogP contribution in [-0.2, 0) is 11.8 Å². The minimum Gasteiger partial charge on any atom is -0.376 e. The Labute approximate surface area is 92.7 Å². The van der Waals surface area contributed by atoms with Crippen molar-refractivity contribution in [2.75, 3.05) is 0 Å². The van der Waals surface area contributed by atoms with Crippen molar-refractivity contribution in [3.05, 3.63) is 35.4 Å². The summed E-state index contributed by atoms with van der Waals surface area (Å²) in [5.41, 5.74) is -4.88. The molecule has 1 N–H and O–H groups in total. The fourth-order valence-electron chi connectivity index (χ4n) is 1.15. The fourth-order valence-corrected chi connectivity index (χ4v) is 1.15. The molecule has 96 valence electrons. The van der Waals surface area contributed by atoms with Gasteiger partial charge in [-0.3, -0.25) is 0 Å². The standard InChI is InChI=1S/C10H8F6O/c1-8(17,10(14,15)16)6-2-4-7(5-3-6)9(11,12)13/h2-5,17H,1H3. The first-order valence-corrected chi connectivity index (χ1v) is 4.43. The maximum absolute atomic E-state index is 12.4. The van der Waals surface area contributed by atoms with Crippen molar-refractivity contribution in [2.45, 2.75) is 24.9 Å². The first-order chi connectivity index (χ1) is 7.46. The third kappa shape index (κ3) is 2.71. The van der Waals surface area contributed by atoms with Crippen LogP contribution in [-0.4, -0.2) is 11.3 Å². The average molecular weight is 258 g/mol. The topological polar surface area (TPSA) is 20.2 Å². The van der Waals surface area contributed by atoms with Crippen LogP contribution < -0.4 is 0 Å². The molecule has 0 saturated carbocycles. The number of halogens is 6. The van der Waals surface area contributed by atoms with Crippen molar-refractivity contribution < 1.29 is 31.4 Å². The van der Waals surface area contributed by atoms with Crippen molar-refractivity contribution in [1.29, 1.82) is 0 Å².